The van der Waals surface area contributed by atoms with Crippen molar-refractivity contribution in [2.24, 2.45) is 27.9 Å². The summed E-state index contributed by atoms with van der Waals surface area (Å²) in [6, 6.07) is -1.38. The Kier molecular flexibility index (Phi) is 18.7. The number of nitrogens with two attached hydrogens (primary N) is 4. The van der Waals surface area contributed by atoms with Crippen LogP contribution < -0.4 is 49.5 Å². The molecule has 0 spiro atoms. The summed E-state index contributed by atoms with van der Waals surface area (Å²) in [7, 11) is 0. The molecule has 0 aliphatic heterocycles. The summed E-state index contributed by atoms with van der Waals surface area (Å²) in [6.07, 6.45) is -5.34. The number of nitrogens with zero attached hydrogens (tertiary/aromatic N) is 1. The summed E-state index contributed by atoms with van der Waals surface area (Å²) < 4.78 is 0. The number of carbonyl (C=O) groups excluding carboxylic acids is 6. The van der Waals surface area contributed by atoms with Crippen molar-refractivity contribution in [3.8, 4) is 0 Å². The van der Waals surface area contributed by atoms with E-state index in [2.05, 4.69) is 26.3 Å². The maximum atomic E-state index is 13.6. The molecule has 6 amide bonds. The van der Waals surface area contributed by atoms with Gasteiger partial charge in [0.1, 0.15) is 30.2 Å². The molecule has 0 radical (unpaired) electrons. The van der Waals surface area contributed by atoms with Gasteiger partial charge in [0.15, 0.2) is 12.0 Å². The molecule has 0 saturated heterocycles. The summed E-state index contributed by atoms with van der Waals surface area (Å²) in [5, 5.41) is 50.8. The molecule has 0 aliphatic carbocycles. The number of rotatable bonds is 22. The van der Waals surface area contributed by atoms with E-state index in [1.54, 1.807) is 30.3 Å². The van der Waals surface area contributed by atoms with E-state index in [-0.39, 0.29) is 31.8 Å². The topological polar surface area (TPSA) is 377 Å². The maximum absolute atomic E-state index is 13.6. The van der Waals surface area contributed by atoms with Crippen molar-refractivity contribution in [1.29, 1.82) is 0 Å². The van der Waals surface area contributed by atoms with E-state index < -0.39 is 102 Å². The molecule has 0 aliphatic rings. The molecule has 17 N–H and O–H groups in total. The molecule has 21 heteroatoms. The van der Waals surface area contributed by atoms with Gasteiger partial charge in [-0.05, 0) is 39.2 Å². The number of carbonyl (C=O) groups is 7. The fraction of sp³-hybridized carbons (Fsp3) is 0.548. The highest BCUT2D eigenvalue weighted by Crippen LogP contribution is 2.08. The molecule has 1 rings (SSSR count). The molecule has 1 aromatic rings. The van der Waals surface area contributed by atoms with Gasteiger partial charge in [-0.2, -0.15) is 0 Å². The van der Waals surface area contributed by atoms with E-state index in [0.717, 1.165) is 6.92 Å². The summed E-state index contributed by atoms with van der Waals surface area (Å²) in [4.78, 5) is 93.3. The molecule has 0 saturated carbocycles. The van der Waals surface area contributed by atoms with Gasteiger partial charge in [-0.1, -0.05) is 30.3 Å². The van der Waals surface area contributed by atoms with Gasteiger partial charge in [-0.3, -0.25) is 33.8 Å². The number of benzene rings is 1. The normalized spacial score (nSPS) is 16.1. The Labute approximate surface area is 299 Å². The number of carboxylic acids is 1. The molecule has 0 bridgehead atoms. The summed E-state index contributed by atoms with van der Waals surface area (Å²) in [6.45, 7) is 3.59. The second-order valence-corrected chi connectivity index (χ2v) is 12.1. The molecule has 0 fully saturated rings. The van der Waals surface area contributed by atoms with Gasteiger partial charge in [0.25, 0.3) is 0 Å². The zero-order chi connectivity index (χ0) is 39.7. The van der Waals surface area contributed by atoms with E-state index in [0.29, 0.717) is 5.56 Å². The molecule has 21 nitrogen and oxygen atoms in total. The number of primary amides is 1. The van der Waals surface area contributed by atoms with Crippen molar-refractivity contribution in [3.05, 3.63) is 35.9 Å². The number of aliphatic imine (C=N–C) groups is 1. The predicted octanol–water partition coefficient (Wildman–Crippen LogP) is -5.86. The fourth-order valence-corrected chi connectivity index (χ4v) is 4.56. The lowest BCUT2D eigenvalue weighted by atomic mass is 10.0. The fourth-order valence-electron chi connectivity index (χ4n) is 4.56. The summed E-state index contributed by atoms with van der Waals surface area (Å²) >= 11 is 0. The lowest BCUT2D eigenvalue weighted by Gasteiger charge is -2.28. The van der Waals surface area contributed by atoms with E-state index >= 15 is 0 Å². The van der Waals surface area contributed by atoms with Crippen LogP contribution in [0.2, 0.25) is 0 Å². The Hall–Kier alpha value is -5.38. The van der Waals surface area contributed by atoms with E-state index in [1.165, 1.54) is 13.8 Å². The number of guanidine groups is 1. The first kappa shape index (κ1) is 44.6. The first-order valence-electron chi connectivity index (χ1n) is 16.2. The third-order valence-electron chi connectivity index (χ3n) is 7.46. The molecule has 0 heterocycles. The van der Waals surface area contributed by atoms with Gasteiger partial charge < -0.3 is 69.9 Å². The van der Waals surface area contributed by atoms with Crippen LogP contribution in [-0.2, 0) is 40.0 Å². The minimum Gasteiger partial charge on any atom is -0.480 e. The lowest BCUT2D eigenvalue weighted by Crippen LogP contribution is -2.62. The van der Waals surface area contributed by atoms with Crippen molar-refractivity contribution in [2.45, 2.75) is 101 Å². The van der Waals surface area contributed by atoms with Crippen LogP contribution in [0.3, 0.4) is 0 Å². The van der Waals surface area contributed by atoms with Gasteiger partial charge >= 0.3 is 5.97 Å². The number of aliphatic hydroxyl groups is 3. The Morgan fingerprint density at radius 2 is 1.17 bits per heavy atom. The van der Waals surface area contributed by atoms with Crippen molar-refractivity contribution in [3.63, 3.8) is 0 Å². The lowest BCUT2D eigenvalue weighted by molar-refractivity contribution is -0.145. The number of amides is 6. The smallest absolute Gasteiger partial charge is 0.328 e. The molecule has 290 valence electrons. The van der Waals surface area contributed by atoms with E-state index in [1.807, 2.05) is 5.32 Å². The van der Waals surface area contributed by atoms with Crippen LogP contribution in [0, 0.1) is 0 Å². The van der Waals surface area contributed by atoms with Crippen molar-refractivity contribution in [2.75, 3.05) is 6.54 Å². The molecule has 52 heavy (non-hydrogen) atoms. The standard InChI is InChI=1S/C31H50N10O11/c1-14(42)22(33)28(49)37-18(10-7-11-36-31(34)35)25(46)40-23(15(2)43)29(50)39-19(12-17-8-5-4-6-9-17)26(47)38-20(13-21(32)45)27(48)41-24(16(3)44)30(51)52/h4-6,8-9,14-16,18-20,22-24,42-44H,7,10-13,33H2,1-3H3,(H2,32,45)(H,37,49)(H,38,47)(H,39,50)(H,40,46)(H,41,48)(H,51,52)(H4,34,35,36)/t14-,15-,16-,18+,19+,20+,22+,23+,24+/m1/s1. The number of nitrogens with one attached hydrogen (secondary N) is 5. The maximum Gasteiger partial charge on any atom is 0.328 e. The van der Waals surface area contributed by atoms with Crippen LogP contribution in [0.1, 0.15) is 45.6 Å². The number of aliphatic hydroxyl groups excluding tert-OH is 3. The third-order valence-corrected chi connectivity index (χ3v) is 7.46. The van der Waals surface area contributed by atoms with E-state index in [4.69, 9.17) is 22.9 Å². The highest BCUT2D eigenvalue weighted by molar-refractivity contribution is 5.97. The Morgan fingerprint density at radius 3 is 1.67 bits per heavy atom. The Morgan fingerprint density at radius 1 is 0.673 bits per heavy atom. The van der Waals surface area contributed by atoms with Crippen LogP contribution >= 0.6 is 0 Å². The van der Waals surface area contributed by atoms with Crippen LogP contribution in [0.4, 0.5) is 0 Å². The SMILES string of the molecule is C[C@@H](O)[C@H](N)C(=O)N[C@@H](CCCN=C(N)N)C(=O)N[C@H](C(=O)N[C@@H](Cc1ccccc1)C(=O)N[C@@H](CC(N)=O)C(=O)N[C@H](C(=O)O)[C@@H](C)O)[C@@H](C)O. The van der Waals surface area contributed by atoms with Crippen LogP contribution in [0.15, 0.2) is 35.3 Å². The zero-order valence-electron chi connectivity index (χ0n) is 29.0. The zero-order valence-corrected chi connectivity index (χ0v) is 29.0. The molecule has 0 unspecified atom stereocenters. The monoisotopic (exact) mass is 738 g/mol. The van der Waals surface area contributed by atoms with Crippen LogP contribution in [0.5, 0.6) is 0 Å². The molecule has 1 aromatic carbocycles. The first-order valence-corrected chi connectivity index (χ1v) is 16.2. The van der Waals surface area contributed by atoms with Crippen molar-refractivity contribution < 1.29 is 54.0 Å². The highest BCUT2D eigenvalue weighted by atomic mass is 16.4. The molecular weight excluding hydrogens is 688 g/mol. The van der Waals surface area contributed by atoms with Gasteiger partial charge in [0, 0.05) is 13.0 Å². The minimum atomic E-state index is -1.81. The molecular formula is C31H50N10O11. The van der Waals surface area contributed by atoms with Crippen molar-refractivity contribution in [1.82, 2.24) is 26.6 Å². The van der Waals surface area contributed by atoms with Gasteiger partial charge in [-0.25, -0.2) is 4.79 Å². The highest BCUT2D eigenvalue weighted by Gasteiger charge is 2.35. The van der Waals surface area contributed by atoms with Gasteiger partial charge in [-0.15, -0.1) is 0 Å². The largest absolute Gasteiger partial charge is 0.480 e. The predicted molar refractivity (Wildman–Crippen MR) is 184 cm³/mol. The minimum absolute atomic E-state index is 0.0613. The van der Waals surface area contributed by atoms with Crippen LogP contribution in [-0.4, -0.2) is 129 Å². The van der Waals surface area contributed by atoms with Gasteiger partial charge in [0.2, 0.25) is 35.4 Å². The number of carboxylic acid groups (broad SMARTS) is 1. The van der Waals surface area contributed by atoms with Crippen LogP contribution in [0.25, 0.3) is 0 Å². The summed E-state index contributed by atoms with van der Waals surface area (Å²) in [5.74, 6) is -8.03. The number of aliphatic carboxylic acids is 1. The summed E-state index contributed by atoms with van der Waals surface area (Å²) in [5.41, 5.74) is 22.1. The van der Waals surface area contributed by atoms with Crippen molar-refractivity contribution >= 4 is 47.4 Å². The number of hydrogen-bond acceptors (Lipinski definition) is 12. The molecule has 9 atom stereocenters. The third kappa shape index (κ3) is 15.7. The van der Waals surface area contributed by atoms with Gasteiger partial charge in [0.05, 0.1) is 24.7 Å². The first-order chi connectivity index (χ1) is 24.2. The Bertz CT molecular complexity index is 1420. The molecule has 0 aromatic heterocycles. The average Bonchev–Trinajstić information content (AvgIpc) is 3.05. The van der Waals surface area contributed by atoms with E-state index in [9.17, 15) is 54.0 Å². The number of hydrogen-bond donors (Lipinski definition) is 13. The second-order valence-electron chi connectivity index (χ2n) is 12.1. The second kappa shape index (κ2) is 21.8. The Balaban J connectivity index is 3.37. The average molecular weight is 739 g/mol. The quantitative estimate of drug-likeness (QED) is 0.0299.